The molecule has 0 unspecified atom stereocenters. The molecule has 0 saturated carbocycles. The van der Waals surface area contributed by atoms with Gasteiger partial charge in [-0.15, -0.1) is 0 Å². The van der Waals surface area contributed by atoms with Crippen LogP contribution in [0.25, 0.3) is 220 Å². The van der Waals surface area contributed by atoms with Crippen molar-refractivity contribution in [2.75, 3.05) is 0 Å². The molecule has 26 rings (SSSR count). The van der Waals surface area contributed by atoms with Gasteiger partial charge in [0.1, 0.15) is 0 Å². The van der Waals surface area contributed by atoms with Crippen LogP contribution in [0.15, 0.2) is 413 Å². The Bertz CT molecular complexity index is 8290. The Morgan fingerprint density at radius 2 is 0.319 bits per heavy atom. The Balaban J connectivity index is 0.000000130. The number of benzene rings is 18. The van der Waals surface area contributed by atoms with Crippen LogP contribution < -0.4 is 0 Å². The van der Waals surface area contributed by atoms with E-state index in [4.69, 9.17) is 0 Å². The van der Waals surface area contributed by atoms with Gasteiger partial charge in [-0.25, -0.2) is 0 Å². The lowest BCUT2D eigenvalue weighted by Gasteiger charge is -2.13. The van der Waals surface area contributed by atoms with Crippen molar-refractivity contribution in [1.82, 2.24) is 36.5 Å². The van der Waals surface area contributed by atoms with Crippen molar-refractivity contribution in [1.29, 1.82) is 0 Å². The summed E-state index contributed by atoms with van der Waals surface area (Å²) in [7, 11) is 0. The Morgan fingerprint density at radius 1 is 0.103 bits per heavy atom. The molecule has 0 aliphatic rings. The van der Waals surface area contributed by atoms with Gasteiger partial charge in [0.2, 0.25) is 0 Å². The molecule has 540 valence electrons. The first-order valence-corrected chi connectivity index (χ1v) is 39.9. The molecule has 8 aromatic heterocycles. The number of aromatic nitrogens is 8. The van der Waals surface area contributed by atoms with Gasteiger partial charge in [0, 0.05) is 132 Å². The highest BCUT2D eigenvalue weighted by molar-refractivity contribution is 6.28. The molecule has 8 heterocycles. The molecule has 18 aromatic carbocycles. The zero-order valence-electron chi connectivity index (χ0n) is 62.8. The molecule has 26 aromatic rings. The molecule has 0 spiro atoms. The smallest absolute Gasteiger partial charge is 0.0641 e. The molecule has 116 heavy (non-hydrogen) atoms. The van der Waals surface area contributed by atoms with Gasteiger partial charge in [0.25, 0.3) is 0 Å². The van der Waals surface area contributed by atoms with Gasteiger partial charge >= 0.3 is 0 Å². The molecule has 0 N–H and O–H groups in total. The fourth-order valence-corrected chi connectivity index (χ4v) is 19.8. The third-order valence-corrected chi connectivity index (χ3v) is 24.6. The van der Waals surface area contributed by atoms with Gasteiger partial charge in [-0.1, -0.05) is 231 Å². The summed E-state index contributed by atoms with van der Waals surface area (Å²) in [5.41, 5.74) is 28.4. The third-order valence-electron chi connectivity index (χ3n) is 24.6. The molecule has 0 saturated heterocycles. The third kappa shape index (κ3) is 9.26. The number of fused-ring (bicyclic) bond motifs is 25. The van der Waals surface area contributed by atoms with Crippen molar-refractivity contribution in [3.63, 3.8) is 0 Å². The molecular weight excluding hydrogens is 1410 g/mol. The van der Waals surface area contributed by atoms with E-state index in [0.29, 0.717) is 0 Å². The molecule has 8 nitrogen and oxygen atoms in total. The van der Waals surface area contributed by atoms with Gasteiger partial charge < -0.3 is 36.5 Å². The molecule has 0 bridgehead atoms. The average Bonchev–Trinajstić information content (AvgIpc) is 1.53. The van der Waals surface area contributed by atoms with Crippen LogP contribution in [0.2, 0.25) is 0 Å². The van der Waals surface area contributed by atoms with E-state index in [-0.39, 0.29) is 0 Å². The largest absolute Gasteiger partial charge is 0.309 e. The minimum absolute atomic E-state index is 1.13. The fourth-order valence-electron chi connectivity index (χ4n) is 19.8. The topological polar surface area (TPSA) is 39.4 Å². The summed E-state index contributed by atoms with van der Waals surface area (Å²) in [6.45, 7) is 0. The normalized spacial score (nSPS) is 12.1. The Kier molecular flexibility index (Phi) is 13.8. The molecule has 0 amide bonds. The summed E-state index contributed by atoms with van der Waals surface area (Å²) in [6, 6.07) is 151. The quantitative estimate of drug-likeness (QED) is 0.145. The standard InChI is InChI=1S/2C54H34N4/c1-4-16-35(17-5-1)55-46-25-13-11-23-40(46)44-33-52-45(34-51(44)55)41-29-28-38(32-50(41)56(52)36-18-6-2-7-19-36)57-48-27-15-12-24-43(48)53-49(57)31-30-42-39-22-10-14-26-47(39)58(54(42)53)37-20-8-3-9-21-37;1-3-15-35(16-4-1)55-47-23-11-7-19-39(47)43-31-45-41-21-9-13-25-49(41)57(53(45)33-51(43)55)37-27-29-38(30-28-37)58-50-26-14-10-22-42(50)46-32-44-40-20-8-12-24-48(40)56(52(44)34-54(46)58)36-17-5-2-6-18-36/h2*1-34H. The zero-order chi connectivity index (χ0) is 75.8. The number of para-hydroxylation sites is 12. The molecule has 0 aliphatic carbocycles. The molecule has 0 radical (unpaired) electrons. The van der Waals surface area contributed by atoms with Crippen molar-refractivity contribution in [2.45, 2.75) is 0 Å². The summed E-state index contributed by atoms with van der Waals surface area (Å²) in [6.07, 6.45) is 0. The average molecular weight is 1480 g/mol. The Morgan fingerprint density at radius 3 is 0.672 bits per heavy atom. The summed E-state index contributed by atoms with van der Waals surface area (Å²) in [5, 5.41) is 20.0. The number of hydrogen-bond acceptors (Lipinski definition) is 0. The lowest BCUT2D eigenvalue weighted by atomic mass is 10.1. The van der Waals surface area contributed by atoms with E-state index in [1.165, 1.54) is 174 Å². The predicted molar refractivity (Wildman–Crippen MR) is 488 cm³/mol. The Hall–Kier alpha value is -15.6. The summed E-state index contributed by atoms with van der Waals surface area (Å²) >= 11 is 0. The minimum Gasteiger partial charge on any atom is -0.309 e. The van der Waals surface area contributed by atoms with Gasteiger partial charge in [-0.3, -0.25) is 0 Å². The number of hydrogen-bond donors (Lipinski definition) is 0. The van der Waals surface area contributed by atoms with E-state index in [9.17, 15) is 0 Å². The molecular formula is C108H68N8. The van der Waals surface area contributed by atoms with Crippen molar-refractivity contribution in [2.24, 2.45) is 0 Å². The highest BCUT2D eigenvalue weighted by atomic mass is 15.1. The lowest BCUT2D eigenvalue weighted by Crippen LogP contribution is -1.98. The first-order chi connectivity index (χ1) is 57.6. The first kappa shape index (κ1) is 64.1. The van der Waals surface area contributed by atoms with Crippen LogP contribution in [0, 0.1) is 0 Å². The van der Waals surface area contributed by atoms with Crippen LogP contribution >= 0.6 is 0 Å². The maximum absolute atomic E-state index is 2.47. The van der Waals surface area contributed by atoms with E-state index in [0.717, 1.165) is 45.5 Å². The van der Waals surface area contributed by atoms with Crippen LogP contribution in [0.4, 0.5) is 0 Å². The van der Waals surface area contributed by atoms with Gasteiger partial charge in [0.05, 0.1) is 88.3 Å². The fraction of sp³-hybridized carbons (Fsp3) is 0. The van der Waals surface area contributed by atoms with E-state index in [1.54, 1.807) is 0 Å². The minimum atomic E-state index is 1.13. The molecule has 0 fully saturated rings. The molecule has 8 heteroatoms. The van der Waals surface area contributed by atoms with E-state index in [2.05, 4.69) is 449 Å². The van der Waals surface area contributed by atoms with Crippen LogP contribution in [-0.4, -0.2) is 36.5 Å². The van der Waals surface area contributed by atoms with Crippen LogP contribution in [0.5, 0.6) is 0 Å². The van der Waals surface area contributed by atoms with E-state index in [1.807, 2.05) is 0 Å². The maximum atomic E-state index is 2.47. The van der Waals surface area contributed by atoms with Crippen molar-refractivity contribution in [3.05, 3.63) is 413 Å². The zero-order valence-corrected chi connectivity index (χ0v) is 62.8. The second-order valence-corrected chi connectivity index (χ2v) is 30.7. The molecule has 0 aliphatic heterocycles. The monoisotopic (exact) mass is 1480 g/mol. The summed E-state index contributed by atoms with van der Waals surface area (Å²) in [4.78, 5) is 0. The predicted octanol–water partition coefficient (Wildman–Crippen LogP) is 28.2. The summed E-state index contributed by atoms with van der Waals surface area (Å²) in [5.74, 6) is 0. The van der Waals surface area contributed by atoms with E-state index < -0.39 is 0 Å². The first-order valence-electron chi connectivity index (χ1n) is 39.9. The van der Waals surface area contributed by atoms with Crippen molar-refractivity contribution < 1.29 is 0 Å². The number of nitrogens with zero attached hydrogens (tertiary/aromatic N) is 8. The molecule has 0 atom stereocenters. The maximum Gasteiger partial charge on any atom is 0.0641 e. The Labute approximate surface area is 664 Å². The van der Waals surface area contributed by atoms with Gasteiger partial charge in [-0.2, -0.15) is 0 Å². The van der Waals surface area contributed by atoms with Crippen molar-refractivity contribution in [3.8, 4) is 45.5 Å². The lowest BCUT2D eigenvalue weighted by molar-refractivity contribution is 1.14. The highest BCUT2D eigenvalue weighted by Gasteiger charge is 2.26. The van der Waals surface area contributed by atoms with Crippen LogP contribution in [0.1, 0.15) is 0 Å². The van der Waals surface area contributed by atoms with Crippen LogP contribution in [-0.2, 0) is 0 Å². The van der Waals surface area contributed by atoms with Gasteiger partial charge in [0.15, 0.2) is 0 Å². The van der Waals surface area contributed by atoms with Crippen molar-refractivity contribution >= 4 is 174 Å². The van der Waals surface area contributed by atoms with Crippen LogP contribution in [0.3, 0.4) is 0 Å². The van der Waals surface area contributed by atoms with E-state index >= 15 is 0 Å². The number of rotatable bonds is 8. The second-order valence-electron chi connectivity index (χ2n) is 30.7. The van der Waals surface area contributed by atoms with Gasteiger partial charge in [-0.05, 0) is 182 Å². The summed E-state index contributed by atoms with van der Waals surface area (Å²) < 4.78 is 19.5. The SMILES string of the molecule is c1ccc(-n2c3ccccc3c3cc4c(cc32)c2ccc(-n3c5ccccc5c5c3ccc3c6ccccc6n(-c6ccccc6)c35)cc2n4-c2ccccc2)cc1.c1ccc(-n2c3ccccc3c3cc4c5ccccc5n(-c5ccc(-n6c7ccccc7c7cc8c9ccccc9n(-c9ccccc9)c8cc76)cc5)c4cc32)cc1. The highest BCUT2D eigenvalue weighted by Crippen LogP contribution is 2.47. The second kappa shape index (κ2) is 24.9.